The van der Waals surface area contributed by atoms with E-state index in [2.05, 4.69) is 16.3 Å². The lowest BCUT2D eigenvalue weighted by molar-refractivity contribution is -0.120. The second kappa shape index (κ2) is 4.91. The first-order valence-corrected chi connectivity index (χ1v) is 7.51. The van der Waals surface area contributed by atoms with Gasteiger partial charge in [-0.25, -0.2) is 0 Å². The Morgan fingerprint density at radius 2 is 2.35 bits per heavy atom. The molecule has 1 aromatic rings. The molecular weight excluding hydrogens is 230 g/mol. The molecule has 2 aliphatic rings. The van der Waals surface area contributed by atoms with Crippen LogP contribution in [-0.2, 0) is 17.8 Å². The minimum Gasteiger partial charge on any atom is -0.299 e. The Hall–Kier alpha value is -0.670. The van der Waals surface area contributed by atoms with Gasteiger partial charge in [0.2, 0.25) is 0 Å². The van der Waals surface area contributed by atoms with Crippen LogP contribution in [0.25, 0.3) is 0 Å². The molecule has 2 nitrogen and oxygen atoms in total. The Bertz CT molecular complexity index is 412. The number of hydrogen-bond donors (Lipinski definition) is 0. The summed E-state index contributed by atoms with van der Waals surface area (Å²) in [5, 5.41) is 2.20. The minimum atomic E-state index is 0.374. The molecule has 1 unspecified atom stereocenters. The van der Waals surface area contributed by atoms with Crippen molar-refractivity contribution in [2.24, 2.45) is 5.92 Å². The largest absolute Gasteiger partial charge is 0.299 e. The van der Waals surface area contributed by atoms with Crippen molar-refractivity contribution < 1.29 is 4.79 Å². The maximum Gasteiger partial charge on any atom is 0.136 e. The van der Waals surface area contributed by atoms with Gasteiger partial charge in [-0.05, 0) is 49.2 Å². The average Bonchev–Trinajstić information content (AvgIpc) is 2.94. The normalized spacial score (nSPS) is 25.2. The molecule has 3 heteroatoms. The molecule has 1 atom stereocenters. The molecule has 0 N–H and O–H groups in total. The van der Waals surface area contributed by atoms with Crippen molar-refractivity contribution in [3.63, 3.8) is 0 Å². The van der Waals surface area contributed by atoms with Crippen LogP contribution in [0.1, 0.15) is 36.1 Å². The third-order valence-corrected chi connectivity index (χ3v) is 5.13. The van der Waals surface area contributed by atoms with Gasteiger partial charge < -0.3 is 0 Å². The fourth-order valence-electron chi connectivity index (χ4n) is 3.03. The summed E-state index contributed by atoms with van der Waals surface area (Å²) in [6.07, 6.45) is 5.37. The highest BCUT2D eigenvalue weighted by Crippen LogP contribution is 2.27. The Morgan fingerprint density at radius 1 is 1.41 bits per heavy atom. The average molecular weight is 249 g/mol. The second-order valence-corrected chi connectivity index (χ2v) is 6.24. The highest BCUT2D eigenvalue weighted by Gasteiger charge is 2.25. The molecule has 0 bridgehead atoms. The van der Waals surface area contributed by atoms with Crippen LogP contribution in [0.4, 0.5) is 0 Å². The Kier molecular flexibility index (Phi) is 3.30. The molecule has 0 radical (unpaired) electrons. The number of fused-ring (bicyclic) bond motifs is 1. The van der Waals surface area contributed by atoms with E-state index in [1.807, 2.05) is 11.3 Å². The molecule has 0 amide bonds. The molecule has 0 aromatic carbocycles. The predicted octanol–water partition coefficient (Wildman–Crippen LogP) is 2.87. The zero-order valence-corrected chi connectivity index (χ0v) is 11.0. The Balaban J connectivity index is 1.52. The van der Waals surface area contributed by atoms with Gasteiger partial charge in [-0.15, -0.1) is 11.3 Å². The number of carbonyl (C=O) groups excluding carboxylic acids is 1. The molecule has 17 heavy (non-hydrogen) atoms. The van der Waals surface area contributed by atoms with Gasteiger partial charge in [0, 0.05) is 30.3 Å². The van der Waals surface area contributed by atoms with Gasteiger partial charge in [0.05, 0.1) is 0 Å². The first-order chi connectivity index (χ1) is 8.33. The van der Waals surface area contributed by atoms with E-state index >= 15 is 0 Å². The third-order valence-electron chi connectivity index (χ3n) is 4.11. The zero-order chi connectivity index (χ0) is 11.7. The van der Waals surface area contributed by atoms with Crippen molar-refractivity contribution in [1.29, 1.82) is 0 Å². The van der Waals surface area contributed by atoms with Crippen LogP contribution in [-0.4, -0.2) is 23.8 Å². The van der Waals surface area contributed by atoms with E-state index in [-0.39, 0.29) is 0 Å². The monoisotopic (exact) mass is 249 g/mol. The van der Waals surface area contributed by atoms with Gasteiger partial charge in [0.15, 0.2) is 0 Å². The van der Waals surface area contributed by atoms with Crippen molar-refractivity contribution in [2.45, 2.75) is 38.6 Å². The van der Waals surface area contributed by atoms with Crippen molar-refractivity contribution in [2.75, 3.05) is 13.1 Å². The van der Waals surface area contributed by atoms with E-state index in [9.17, 15) is 4.79 Å². The number of Topliss-reactive ketones (excluding diaryl/α,β-unsaturated/α-hetero) is 1. The minimum absolute atomic E-state index is 0.374. The molecule has 3 rings (SSSR count). The fourth-order valence-corrected chi connectivity index (χ4v) is 3.92. The Labute approximate surface area is 107 Å². The summed E-state index contributed by atoms with van der Waals surface area (Å²) in [5.74, 6) is 0.886. The van der Waals surface area contributed by atoms with Crippen molar-refractivity contribution in [3.05, 3.63) is 21.9 Å². The van der Waals surface area contributed by atoms with Crippen LogP contribution < -0.4 is 0 Å². The highest BCUT2D eigenvalue weighted by atomic mass is 32.1. The summed E-state index contributed by atoms with van der Waals surface area (Å²) in [6, 6.07) is 2.26. The van der Waals surface area contributed by atoms with Crippen LogP contribution in [0.2, 0.25) is 0 Å². The molecular formula is C14H19NOS. The summed E-state index contributed by atoms with van der Waals surface area (Å²) in [7, 11) is 0. The first kappa shape index (κ1) is 11.4. The maximum absolute atomic E-state index is 11.6. The topological polar surface area (TPSA) is 20.3 Å². The number of thiophene rings is 1. The van der Waals surface area contributed by atoms with Crippen LogP contribution in [0.3, 0.4) is 0 Å². The molecule has 1 aromatic heterocycles. The van der Waals surface area contributed by atoms with E-state index in [1.165, 1.54) is 18.5 Å². The van der Waals surface area contributed by atoms with E-state index in [0.29, 0.717) is 11.7 Å². The predicted molar refractivity (Wildman–Crippen MR) is 70.3 cm³/mol. The lowest BCUT2D eigenvalue weighted by Crippen LogP contribution is -2.31. The number of hydrogen-bond acceptors (Lipinski definition) is 3. The number of nitrogens with zero attached hydrogens (tertiary/aromatic N) is 1. The summed E-state index contributed by atoms with van der Waals surface area (Å²) in [4.78, 5) is 15.7. The molecule has 1 saturated carbocycles. The third kappa shape index (κ3) is 2.45. The van der Waals surface area contributed by atoms with Crippen molar-refractivity contribution >= 4 is 17.1 Å². The summed E-state index contributed by atoms with van der Waals surface area (Å²) >= 11 is 1.89. The van der Waals surface area contributed by atoms with E-state index in [1.54, 1.807) is 4.88 Å². The molecule has 2 heterocycles. The van der Waals surface area contributed by atoms with Gasteiger partial charge in [-0.3, -0.25) is 9.69 Å². The van der Waals surface area contributed by atoms with E-state index < -0.39 is 0 Å². The van der Waals surface area contributed by atoms with E-state index in [4.69, 9.17) is 0 Å². The second-order valence-electron chi connectivity index (χ2n) is 5.24. The molecule has 1 aliphatic heterocycles. The standard InChI is InChI=1S/C14H19NOS/c16-13-3-1-2-11(13)4-7-15-8-5-14-12(10-15)6-9-17-14/h6,9,11H,1-5,7-8,10H2. The SMILES string of the molecule is O=C1CCCC1CCN1CCc2sccc2C1. The van der Waals surface area contributed by atoms with Crippen LogP contribution in [0.5, 0.6) is 0 Å². The number of ketones is 1. The van der Waals surface area contributed by atoms with Crippen LogP contribution in [0, 0.1) is 5.92 Å². The maximum atomic E-state index is 11.6. The lowest BCUT2D eigenvalue weighted by atomic mass is 10.0. The van der Waals surface area contributed by atoms with Gasteiger partial charge in [-0.2, -0.15) is 0 Å². The Morgan fingerprint density at radius 3 is 3.18 bits per heavy atom. The number of carbonyl (C=O) groups is 1. The summed E-state index contributed by atoms with van der Waals surface area (Å²) < 4.78 is 0. The molecule has 1 aliphatic carbocycles. The van der Waals surface area contributed by atoms with Crippen LogP contribution >= 0.6 is 11.3 Å². The molecule has 0 spiro atoms. The quantitative estimate of drug-likeness (QED) is 0.821. The highest BCUT2D eigenvalue weighted by molar-refractivity contribution is 7.10. The summed E-state index contributed by atoms with van der Waals surface area (Å²) in [6.45, 7) is 3.37. The van der Waals surface area contributed by atoms with E-state index in [0.717, 1.165) is 38.8 Å². The van der Waals surface area contributed by atoms with Crippen LogP contribution in [0.15, 0.2) is 11.4 Å². The molecule has 1 fully saturated rings. The fraction of sp³-hybridized carbons (Fsp3) is 0.643. The van der Waals surface area contributed by atoms with Gasteiger partial charge in [0.25, 0.3) is 0 Å². The number of rotatable bonds is 3. The van der Waals surface area contributed by atoms with Gasteiger partial charge >= 0.3 is 0 Å². The zero-order valence-electron chi connectivity index (χ0n) is 10.2. The summed E-state index contributed by atoms with van der Waals surface area (Å²) in [5.41, 5.74) is 1.51. The van der Waals surface area contributed by atoms with Crippen molar-refractivity contribution in [3.8, 4) is 0 Å². The molecule has 92 valence electrons. The van der Waals surface area contributed by atoms with Crippen molar-refractivity contribution in [1.82, 2.24) is 4.90 Å². The smallest absolute Gasteiger partial charge is 0.136 e. The van der Waals surface area contributed by atoms with Gasteiger partial charge in [0.1, 0.15) is 5.78 Å². The van der Waals surface area contributed by atoms with Gasteiger partial charge in [-0.1, -0.05) is 0 Å². The lowest BCUT2D eigenvalue weighted by Gasteiger charge is -2.27. The first-order valence-electron chi connectivity index (χ1n) is 6.63. The molecule has 0 saturated heterocycles.